The van der Waals surface area contributed by atoms with E-state index in [1.54, 1.807) is 0 Å². The largest absolute Gasteiger partial charge is 0.450 e. The van der Waals surface area contributed by atoms with Gasteiger partial charge in [-0.15, -0.1) is 0 Å². The van der Waals surface area contributed by atoms with Gasteiger partial charge in [-0.05, 0) is 94.6 Å². The van der Waals surface area contributed by atoms with E-state index in [0.717, 1.165) is 82.0 Å². The highest BCUT2D eigenvalue weighted by Crippen LogP contribution is 2.35. The van der Waals surface area contributed by atoms with Crippen molar-refractivity contribution in [1.29, 1.82) is 0 Å². The maximum Gasteiger partial charge on any atom is 0.407 e. The summed E-state index contributed by atoms with van der Waals surface area (Å²) in [5.74, 6) is 2.39. The van der Waals surface area contributed by atoms with E-state index in [9.17, 15) is 9.59 Å². The molecule has 204 valence electrons. The molecule has 0 spiro atoms. The molecule has 0 saturated heterocycles. The van der Waals surface area contributed by atoms with E-state index in [4.69, 9.17) is 4.74 Å². The third-order valence-corrected chi connectivity index (χ3v) is 9.70. The molecule has 6 nitrogen and oxygen atoms in total. The lowest BCUT2D eigenvalue weighted by molar-refractivity contribution is 0.135. The minimum atomic E-state index is -0.551. The van der Waals surface area contributed by atoms with Gasteiger partial charge in [0.25, 0.3) is 0 Å². The van der Waals surface area contributed by atoms with Gasteiger partial charge in [0.05, 0.1) is 6.61 Å². The highest BCUT2D eigenvalue weighted by Gasteiger charge is 2.28. The van der Waals surface area contributed by atoms with Crippen LogP contribution in [-0.4, -0.2) is 63.4 Å². The van der Waals surface area contributed by atoms with E-state index >= 15 is 0 Å². The molecule has 0 aromatic heterocycles. The normalized spacial score (nSPS) is 24.7. The topological polar surface area (TPSA) is 70.7 Å². The van der Waals surface area contributed by atoms with Crippen molar-refractivity contribution in [3.63, 3.8) is 0 Å². The molecule has 0 bridgehead atoms. The highest BCUT2D eigenvalue weighted by molar-refractivity contribution is 7.80. The second-order valence-electron chi connectivity index (χ2n) is 11.4. The number of hydrogen-bond acceptors (Lipinski definition) is 4. The first-order valence-corrected chi connectivity index (χ1v) is 18.3. The molecule has 2 aliphatic rings. The van der Waals surface area contributed by atoms with Gasteiger partial charge in [0.2, 0.25) is 0 Å². The molecule has 0 aromatic rings. The summed E-state index contributed by atoms with van der Waals surface area (Å²) in [5, 5.41) is 6.41. The van der Waals surface area contributed by atoms with Crippen LogP contribution in [0, 0.1) is 11.8 Å². The van der Waals surface area contributed by atoms with Gasteiger partial charge in [0.15, 0.2) is 0 Å². The zero-order chi connectivity index (χ0) is 25.5. The van der Waals surface area contributed by atoms with Gasteiger partial charge in [0, 0.05) is 34.0 Å². The van der Waals surface area contributed by atoms with Crippen molar-refractivity contribution in [2.75, 3.05) is 25.4 Å². The Morgan fingerprint density at radius 3 is 2.00 bits per heavy atom. The molecule has 2 aliphatic carbocycles. The second-order valence-corrected chi connectivity index (χ2v) is 15.2. The quantitative estimate of drug-likeness (QED) is 0.142. The number of hydrogen-bond donors (Lipinski definition) is 3. The number of nitrogens with zero attached hydrogens (tertiary/aromatic N) is 1. The van der Waals surface area contributed by atoms with Gasteiger partial charge in [-0.1, -0.05) is 32.5 Å². The summed E-state index contributed by atoms with van der Waals surface area (Å²) < 4.78 is 5.37. The van der Waals surface area contributed by atoms with Gasteiger partial charge in [0.1, 0.15) is 0 Å². The van der Waals surface area contributed by atoms with E-state index in [1.165, 1.54) is 38.1 Å². The van der Waals surface area contributed by atoms with Crippen LogP contribution >= 0.6 is 12.6 Å². The smallest absolute Gasteiger partial charge is 0.407 e. The summed E-state index contributed by atoms with van der Waals surface area (Å²) in [7, 11) is -0.551. The summed E-state index contributed by atoms with van der Waals surface area (Å²) in [6.07, 6.45) is 14.4. The molecule has 0 heterocycles. The van der Waals surface area contributed by atoms with Crippen molar-refractivity contribution in [3.8, 4) is 0 Å². The van der Waals surface area contributed by atoms with E-state index in [2.05, 4.69) is 43.3 Å². The first kappa shape index (κ1) is 30.3. The number of nitrogens with one attached hydrogen (secondary N) is 2. The molecular weight excluding hydrogens is 474 g/mol. The summed E-state index contributed by atoms with van der Waals surface area (Å²) in [4.78, 5) is 26.8. The number of amides is 3. The Morgan fingerprint density at radius 1 is 0.886 bits per heavy atom. The lowest BCUT2D eigenvalue weighted by Crippen LogP contribution is -2.46. The number of carbonyl (C=O) groups excluding carboxylic acids is 2. The van der Waals surface area contributed by atoms with Gasteiger partial charge >= 0.3 is 12.1 Å². The Bertz CT molecular complexity index is 586. The van der Waals surface area contributed by atoms with Crippen LogP contribution < -0.4 is 10.6 Å². The molecule has 35 heavy (non-hydrogen) atoms. The van der Waals surface area contributed by atoms with Crippen molar-refractivity contribution in [2.24, 2.45) is 11.8 Å². The number of rotatable bonds is 14. The van der Waals surface area contributed by atoms with Gasteiger partial charge in [-0.25, -0.2) is 9.59 Å². The Hall–Kier alpha value is -0.893. The highest BCUT2D eigenvalue weighted by atomic mass is 32.1. The van der Waals surface area contributed by atoms with Gasteiger partial charge in [-0.2, -0.15) is 12.6 Å². The maximum absolute atomic E-state index is 12.8. The van der Waals surface area contributed by atoms with E-state index in [1.807, 2.05) is 4.90 Å². The van der Waals surface area contributed by atoms with Crippen molar-refractivity contribution in [3.05, 3.63) is 0 Å². The fourth-order valence-electron chi connectivity index (χ4n) is 5.61. The summed E-state index contributed by atoms with van der Waals surface area (Å²) in [6.45, 7) is 9.04. The molecule has 2 saturated carbocycles. The first-order valence-electron chi connectivity index (χ1n) is 14.5. The zero-order valence-corrected chi connectivity index (χ0v) is 24.8. The summed E-state index contributed by atoms with van der Waals surface area (Å²) >= 11 is 4.31. The lowest BCUT2D eigenvalue weighted by atomic mass is 9.76. The number of alkyl carbamates (subject to hydrolysis) is 1. The monoisotopic (exact) mass is 527 g/mol. The van der Waals surface area contributed by atoms with Crippen molar-refractivity contribution in [1.82, 2.24) is 15.5 Å². The first-order chi connectivity index (χ1) is 16.9. The SMILES string of the molecule is CCCCN(CCCS)C(=O)NC1CCC(CC2CCC(NC(=O)OCCC[SiH](C)C)CC2)CC1. The average molecular weight is 528 g/mol. The third-order valence-electron chi connectivity index (χ3n) is 7.82. The third kappa shape index (κ3) is 12.8. The molecule has 2 fully saturated rings. The number of thiol groups is 1. The molecule has 0 aliphatic heterocycles. The zero-order valence-electron chi connectivity index (χ0n) is 22.7. The van der Waals surface area contributed by atoms with Crippen LogP contribution in [-0.2, 0) is 4.74 Å². The van der Waals surface area contributed by atoms with Crippen LogP contribution in [0.4, 0.5) is 9.59 Å². The Labute approximate surface area is 222 Å². The van der Waals surface area contributed by atoms with Crippen LogP contribution in [0.1, 0.15) is 90.4 Å². The van der Waals surface area contributed by atoms with Crippen molar-refractivity contribution >= 4 is 33.5 Å². The van der Waals surface area contributed by atoms with Crippen LogP contribution in [0.5, 0.6) is 0 Å². The molecular formula is C27H53N3O3SSi. The van der Waals surface area contributed by atoms with Crippen LogP contribution in [0.25, 0.3) is 0 Å². The van der Waals surface area contributed by atoms with Crippen LogP contribution in [0.15, 0.2) is 0 Å². The average Bonchev–Trinajstić information content (AvgIpc) is 2.84. The molecule has 2 N–H and O–H groups in total. The number of urea groups is 1. The number of unbranched alkanes of at least 4 members (excludes halogenated alkanes) is 1. The molecule has 2 rings (SSSR count). The second kappa shape index (κ2) is 17.5. The minimum absolute atomic E-state index is 0.120. The predicted molar refractivity (Wildman–Crippen MR) is 152 cm³/mol. The van der Waals surface area contributed by atoms with Crippen LogP contribution in [0.3, 0.4) is 0 Å². The van der Waals surface area contributed by atoms with Gasteiger partial charge < -0.3 is 20.3 Å². The molecule has 3 amide bonds. The maximum atomic E-state index is 12.8. The van der Waals surface area contributed by atoms with E-state index in [-0.39, 0.29) is 18.2 Å². The number of ether oxygens (including phenoxy) is 1. The lowest BCUT2D eigenvalue weighted by Gasteiger charge is -2.35. The standard InChI is InChI=1S/C27H53N3O3SSi/c1-4-5-16-30(17-6-19-34)26(31)28-24-12-8-22(9-13-24)21-23-10-14-25(15-11-23)29-27(32)33-18-7-20-35(2)3/h22-25,34-35H,4-21H2,1-3H3,(H,28,31)(H,29,32). The van der Waals surface area contributed by atoms with E-state index in [0.29, 0.717) is 12.6 Å². The van der Waals surface area contributed by atoms with Crippen LogP contribution in [0.2, 0.25) is 19.1 Å². The van der Waals surface area contributed by atoms with E-state index < -0.39 is 8.80 Å². The Kier molecular flexibility index (Phi) is 15.2. The van der Waals surface area contributed by atoms with Crippen molar-refractivity contribution in [2.45, 2.75) is 122 Å². The van der Waals surface area contributed by atoms with Crippen molar-refractivity contribution < 1.29 is 14.3 Å². The minimum Gasteiger partial charge on any atom is -0.450 e. The molecule has 8 heteroatoms. The Balaban J connectivity index is 1.60. The molecule has 0 atom stereocenters. The molecule has 0 radical (unpaired) electrons. The predicted octanol–water partition coefficient (Wildman–Crippen LogP) is 6.23. The summed E-state index contributed by atoms with van der Waals surface area (Å²) in [6, 6.07) is 1.96. The Morgan fingerprint density at radius 2 is 1.46 bits per heavy atom. The fourth-order valence-corrected chi connectivity index (χ4v) is 6.74. The van der Waals surface area contributed by atoms with Gasteiger partial charge in [-0.3, -0.25) is 0 Å². The molecule has 0 aromatic carbocycles. The summed E-state index contributed by atoms with van der Waals surface area (Å²) in [5.41, 5.74) is 0. The number of carbonyl (C=O) groups is 2. The molecule has 0 unspecified atom stereocenters. The fraction of sp³-hybridized carbons (Fsp3) is 0.926.